The first-order valence-corrected chi connectivity index (χ1v) is 9.81. The SMILES string of the molecule is C=C/C=C\C=C/N(/N=C\C=C(/c1ccccc1)C1C=CC=CC1)c1ccccc1. The first-order valence-electron chi connectivity index (χ1n) is 9.81. The molecule has 0 aromatic heterocycles. The van der Waals surface area contributed by atoms with E-state index in [0.717, 1.165) is 12.1 Å². The lowest BCUT2D eigenvalue weighted by Gasteiger charge is -2.18. The molecule has 0 saturated heterocycles. The van der Waals surface area contributed by atoms with E-state index in [-0.39, 0.29) is 0 Å². The second kappa shape index (κ2) is 11.3. The van der Waals surface area contributed by atoms with Crippen LogP contribution in [-0.4, -0.2) is 6.21 Å². The van der Waals surface area contributed by atoms with Gasteiger partial charge in [0.15, 0.2) is 0 Å². The minimum absolute atomic E-state index is 0.352. The highest BCUT2D eigenvalue weighted by Crippen LogP contribution is 2.29. The topological polar surface area (TPSA) is 15.6 Å². The third-order valence-electron chi connectivity index (χ3n) is 4.54. The Morgan fingerprint density at radius 3 is 2.38 bits per heavy atom. The maximum Gasteiger partial charge on any atom is 0.0645 e. The molecule has 144 valence electrons. The Kier molecular flexibility index (Phi) is 7.80. The molecule has 1 aliphatic carbocycles. The summed E-state index contributed by atoms with van der Waals surface area (Å²) >= 11 is 0. The third-order valence-corrected chi connectivity index (χ3v) is 4.54. The fraction of sp³-hybridized carbons (Fsp3) is 0.0741. The Labute approximate surface area is 173 Å². The average Bonchev–Trinajstić information content (AvgIpc) is 2.80. The molecule has 2 aromatic carbocycles. The van der Waals surface area contributed by atoms with Gasteiger partial charge < -0.3 is 0 Å². The Morgan fingerprint density at radius 1 is 0.931 bits per heavy atom. The number of nitrogens with zero attached hydrogens (tertiary/aromatic N) is 2. The van der Waals surface area contributed by atoms with Crippen LogP contribution in [0.5, 0.6) is 0 Å². The number of anilines is 1. The Balaban J connectivity index is 1.88. The zero-order valence-electron chi connectivity index (χ0n) is 16.5. The van der Waals surface area contributed by atoms with Crippen molar-refractivity contribution in [2.24, 2.45) is 11.0 Å². The van der Waals surface area contributed by atoms with Gasteiger partial charge in [-0.15, -0.1) is 0 Å². The maximum absolute atomic E-state index is 4.70. The van der Waals surface area contributed by atoms with Gasteiger partial charge in [-0.1, -0.05) is 97.6 Å². The lowest BCUT2D eigenvalue weighted by molar-refractivity contribution is 0.844. The van der Waals surface area contributed by atoms with E-state index in [1.165, 1.54) is 11.1 Å². The van der Waals surface area contributed by atoms with Gasteiger partial charge >= 0.3 is 0 Å². The van der Waals surface area contributed by atoms with Crippen LogP contribution in [0.15, 0.2) is 133 Å². The fourth-order valence-corrected chi connectivity index (χ4v) is 3.11. The summed E-state index contributed by atoms with van der Waals surface area (Å²) in [5, 5.41) is 6.56. The predicted molar refractivity (Wildman–Crippen MR) is 127 cm³/mol. The fourth-order valence-electron chi connectivity index (χ4n) is 3.11. The van der Waals surface area contributed by atoms with Crippen LogP contribution in [0.4, 0.5) is 5.69 Å². The molecule has 1 atom stereocenters. The second-order valence-electron chi connectivity index (χ2n) is 6.55. The first kappa shape index (κ1) is 20.1. The van der Waals surface area contributed by atoms with Gasteiger partial charge in [-0.05, 0) is 41.8 Å². The molecule has 2 aromatic rings. The molecule has 0 heterocycles. The van der Waals surface area contributed by atoms with Gasteiger partial charge in [0.2, 0.25) is 0 Å². The molecule has 0 bridgehead atoms. The lowest BCUT2D eigenvalue weighted by atomic mass is 9.87. The molecule has 0 fully saturated rings. The van der Waals surface area contributed by atoms with Gasteiger partial charge in [0, 0.05) is 18.3 Å². The summed E-state index contributed by atoms with van der Waals surface area (Å²) < 4.78 is 0. The molecule has 1 aliphatic rings. The van der Waals surface area contributed by atoms with Gasteiger partial charge in [-0.25, -0.2) is 5.01 Å². The molecule has 0 aliphatic heterocycles. The molecule has 0 spiro atoms. The summed E-state index contributed by atoms with van der Waals surface area (Å²) in [6.07, 6.45) is 23.1. The molecule has 0 N–H and O–H groups in total. The Hall–Kier alpha value is -3.65. The predicted octanol–water partition coefficient (Wildman–Crippen LogP) is 6.95. The van der Waals surface area contributed by atoms with Crippen molar-refractivity contribution < 1.29 is 0 Å². The average molecular weight is 379 g/mol. The van der Waals surface area contributed by atoms with Crippen molar-refractivity contribution in [1.82, 2.24) is 0 Å². The van der Waals surface area contributed by atoms with Crippen LogP contribution in [-0.2, 0) is 0 Å². The lowest BCUT2D eigenvalue weighted by Crippen LogP contribution is -2.07. The number of para-hydroxylation sites is 1. The van der Waals surface area contributed by atoms with Crippen LogP contribution in [0.1, 0.15) is 12.0 Å². The molecule has 0 radical (unpaired) electrons. The van der Waals surface area contributed by atoms with Crippen LogP contribution < -0.4 is 5.01 Å². The van der Waals surface area contributed by atoms with E-state index in [0.29, 0.717) is 5.92 Å². The van der Waals surface area contributed by atoms with E-state index in [9.17, 15) is 0 Å². The standard InChI is InChI=1S/C27H26N2/c1-2-3-4-14-23-29(26-19-12-7-13-20-26)28-22-21-27(24-15-8-5-9-16-24)25-17-10-6-11-18-25/h2-17,19-23,25H,1,18H2/b4-3-,23-14-,27-21+,28-22-. The largest absolute Gasteiger partial charge is 0.241 e. The molecule has 3 rings (SSSR count). The van der Waals surface area contributed by atoms with E-state index >= 15 is 0 Å². The van der Waals surface area contributed by atoms with Crippen molar-refractivity contribution in [3.8, 4) is 0 Å². The zero-order chi connectivity index (χ0) is 20.2. The Bertz CT molecular complexity index is 945. The molecular weight excluding hydrogens is 352 g/mol. The minimum Gasteiger partial charge on any atom is -0.241 e. The van der Waals surface area contributed by atoms with Crippen LogP contribution in [0.25, 0.3) is 5.57 Å². The molecule has 29 heavy (non-hydrogen) atoms. The number of allylic oxidation sites excluding steroid dienone is 10. The number of hydrazone groups is 1. The van der Waals surface area contributed by atoms with E-state index in [1.54, 1.807) is 6.08 Å². The summed E-state index contributed by atoms with van der Waals surface area (Å²) in [5.41, 5.74) is 3.49. The summed E-state index contributed by atoms with van der Waals surface area (Å²) in [6.45, 7) is 3.70. The highest BCUT2D eigenvalue weighted by Gasteiger charge is 2.12. The quantitative estimate of drug-likeness (QED) is 0.276. The minimum atomic E-state index is 0.352. The van der Waals surface area contributed by atoms with Gasteiger partial charge in [-0.2, -0.15) is 5.10 Å². The van der Waals surface area contributed by atoms with E-state index in [2.05, 4.69) is 61.2 Å². The van der Waals surface area contributed by atoms with Crippen LogP contribution in [0.2, 0.25) is 0 Å². The van der Waals surface area contributed by atoms with Crippen molar-refractivity contribution in [2.75, 3.05) is 5.01 Å². The molecule has 0 saturated carbocycles. The normalized spacial score (nSPS) is 16.8. The van der Waals surface area contributed by atoms with Crippen LogP contribution in [0.3, 0.4) is 0 Å². The Morgan fingerprint density at radius 2 is 1.69 bits per heavy atom. The zero-order valence-corrected chi connectivity index (χ0v) is 16.5. The second-order valence-corrected chi connectivity index (χ2v) is 6.55. The van der Waals surface area contributed by atoms with Crippen molar-refractivity contribution in [3.05, 3.63) is 134 Å². The van der Waals surface area contributed by atoms with Gasteiger partial charge in [-0.3, -0.25) is 0 Å². The van der Waals surface area contributed by atoms with Crippen molar-refractivity contribution in [1.29, 1.82) is 0 Å². The van der Waals surface area contributed by atoms with Crippen molar-refractivity contribution in [2.45, 2.75) is 6.42 Å². The molecule has 1 unspecified atom stereocenters. The highest BCUT2D eigenvalue weighted by molar-refractivity contribution is 5.86. The van der Waals surface area contributed by atoms with Crippen LogP contribution >= 0.6 is 0 Å². The summed E-state index contributed by atoms with van der Waals surface area (Å²) in [4.78, 5) is 0. The molecule has 0 amide bonds. The molecular formula is C27H26N2. The summed E-state index contributed by atoms with van der Waals surface area (Å²) in [7, 11) is 0. The monoisotopic (exact) mass is 378 g/mol. The maximum atomic E-state index is 4.70. The number of hydrogen-bond donors (Lipinski definition) is 0. The van der Waals surface area contributed by atoms with E-state index in [4.69, 9.17) is 5.10 Å². The smallest absolute Gasteiger partial charge is 0.0645 e. The third kappa shape index (κ3) is 6.18. The molecule has 2 heteroatoms. The van der Waals surface area contributed by atoms with E-state index in [1.807, 2.05) is 72.0 Å². The first-order chi connectivity index (χ1) is 14.4. The number of benzene rings is 2. The van der Waals surface area contributed by atoms with Crippen molar-refractivity contribution in [3.63, 3.8) is 0 Å². The van der Waals surface area contributed by atoms with Crippen molar-refractivity contribution >= 4 is 17.5 Å². The van der Waals surface area contributed by atoms with E-state index < -0.39 is 0 Å². The summed E-state index contributed by atoms with van der Waals surface area (Å²) in [5.74, 6) is 0.352. The van der Waals surface area contributed by atoms with Gasteiger partial charge in [0.1, 0.15) is 0 Å². The number of hydrogen-bond acceptors (Lipinski definition) is 2. The number of rotatable bonds is 8. The van der Waals surface area contributed by atoms with Gasteiger partial charge in [0.25, 0.3) is 0 Å². The van der Waals surface area contributed by atoms with Gasteiger partial charge in [0.05, 0.1) is 5.69 Å². The van der Waals surface area contributed by atoms with Crippen LogP contribution in [0, 0.1) is 5.92 Å². The molecule has 2 nitrogen and oxygen atoms in total. The highest BCUT2D eigenvalue weighted by atomic mass is 15.4. The summed E-state index contributed by atoms with van der Waals surface area (Å²) in [6, 6.07) is 20.6.